The number of pyridine rings is 1. The third-order valence-electron chi connectivity index (χ3n) is 5.13. The number of carbonyl (C=O) groups excluding carboxylic acids is 1. The number of nitrogens with one attached hydrogen (secondary N) is 2. The van der Waals surface area contributed by atoms with Gasteiger partial charge in [0, 0.05) is 12.3 Å². The first-order valence-corrected chi connectivity index (χ1v) is 10.2. The van der Waals surface area contributed by atoms with Crippen molar-refractivity contribution >= 4 is 29.2 Å². The number of rotatable bonds is 6. The zero-order valence-corrected chi connectivity index (χ0v) is 16.8. The van der Waals surface area contributed by atoms with E-state index in [0.29, 0.717) is 10.8 Å². The Morgan fingerprint density at radius 2 is 1.97 bits per heavy atom. The summed E-state index contributed by atoms with van der Waals surface area (Å²) in [5.41, 5.74) is 2.53. The molecule has 1 aliphatic rings. The van der Waals surface area contributed by atoms with Crippen LogP contribution in [0.15, 0.2) is 60.8 Å². The number of aromatic nitrogens is 2. The van der Waals surface area contributed by atoms with Crippen LogP contribution in [0.5, 0.6) is 0 Å². The number of quaternary nitrogens is 1. The number of fused-ring (bicyclic) bond motifs is 1. The average Bonchev–Trinajstić information content (AvgIpc) is 3.08. The normalized spacial score (nSPS) is 16.3. The fraction of sp³-hybridized carbons (Fsp3) is 0.273. The fourth-order valence-electron chi connectivity index (χ4n) is 3.60. The molecule has 3 aromatic rings. The minimum atomic E-state index is -0.159. The molecule has 1 amide bonds. The summed E-state index contributed by atoms with van der Waals surface area (Å²) in [7, 11) is 0. The Hall–Kier alpha value is -2.67. The third kappa shape index (κ3) is 4.85. The molecule has 6 nitrogen and oxygen atoms in total. The van der Waals surface area contributed by atoms with Crippen LogP contribution < -0.4 is 10.2 Å². The second-order valence-electron chi connectivity index (χ2n) is 7.09. The van der Waals surface area contributed by atoms with Crippen molar-refractivity contribution in [2.24, 2.45) is 0 Å². The van der Waals surface area contributed by atoms with Crippen molar-refractivity contribution in [2.75, 3.05) is 32.8 Å². The second-order valence-corrected chi connectivity index (χ2v) is 7.45. The van der Waals surface area contributed by atoms with Crippen LogP contribution in [-0.2, 0) is 9.53 Å². The number of morpholine rings is 1. The largest absolute Gasteiger partial charge is 0.370 e. The van der Waals surface area contributed by atoms with E-state index >= 15 is 0 Å². The second kappa shape index (κ2) is 9.22. The van der Waals surface area contributed by atoms with Gasteiger partial charge in [0.15, 0.2) is 5.15 Å². The van der Waals surface area contributed by atoms with Gasteiger partial charge in [0.1, 0.15) is 31.3 Å². The quantitative estimate of drug-likeness (QED) is 0.608. The molecule has 1 fully saturated rings. The molecule has 3 heterocycles. The topological polar surface area (TPSA) is 60.1 Å². The summed E-state index contributed by atoms with van der Waals surface area (Å²) in [5.74, 6) is -0.159. The van der Waals surface area contributed by atoms with E-state index in [9.17, 15) is 4.79 Å². The molecule has 0 bridgehead atoms. The summed E-state index contributed by atoms with van der Waals surface area (Å²) in [6, 6.07) is 15.7. The van der Waals surface area contributed by atoms with Gasteiger partial charge in [-0.1, -0.05) is 48.0 Å². The van der Waals surface area contributed by atoms with Crippen molar-refractivity contribution < 1.29 is 14.4 Å². The molecule has 1 aromatic carbocycles. The predicted molar refractivity (Wildman–Crippen MR) is 113 cm³/mol. The van der Waals surface area contributed by atoms with Crippen LogP contribution in [0.25, 0.3) is 11.7 Å². The fourth-order valence-corrected chi connectivity index (χ4v) is 3.84. The minimum absolute atomic E-state index is 0.0703. The molecule has 0 aliphatic carbocycles. The summed E-state index contributed by atoms with van der Waals surface area (Å²) in [6.45, 7) is 4.25. The maximum absolute atomic E-state index is 12.7. The molecule has 7 heteroatoms. The van der Waals surface area contributed by atoms with E-state index in [-0.39, 0.29) is 11.9 Å². The smallest absolute Gasteiger partial charge is 0.244 e. The molecular formula is C22H24ClN4O2+. The molecule has 2 aromatic heterocycles. The monoisotopic (exact) mass is 411 g/mol. The molecule has 1 saturated heterocycles. The number of halogens is 1. The van der Waals surface area contributed by atoms with Crippen LogP contribution in [0.3, 0.4) is 0 Å². The van der Waals surface area contributed by atoms with E-state index < -0.39 is 0 Å². The minimum Gasteiger partial charge on any atom is -0.370 e. The summed E-state index contributed by atoms with van der Waals surface area (Å²) >= 11 is 6.25. The molecular weight excluding hydrogens is 388 g/mol. The van der Waals surface area contributed by atoms with Gasteiger partial charge in [-0.2, -0.15) is 0 Å². The third-order valence-corrected chi connectivity index (χ3v) is 5.40. The number of amides is 1. The van der Waals surface area contributed by atoms with Gasteiger partial charge in [-0.15, -0.1) is 0 Å². The van der Waals surface area contributed by atoms with E-state index in [1.807, 2.05) is 47.0 Å². The number of imidazole rings is 1. The summed E-state index contributed by atoms with van der Waals surface area (Å²) in [6.07, 6.45) is 5.11. The van der Waals surface area contributed by atoms with Crippen molar-refractivity contribution in [3.8, 4) is 0 Å². The zero-order valence-electron chi connectivity index (χ0n) is 16.1. The maximum atomic E-state index is 12.7. The maximum Gasteiger partial charge on any atom is 0.244 e. The Labute approximate surface area is 174 Å². The SMILES string of the molecule is O=C(/C=C/c1c(Cl)nc2ccccn12)N[C@H](C[NH+]1CCOCC1)c1ccccc1. The summed E-state index contributed by atoms with van der Waals surface area (Å²) in [4.78, 5) is 18.4. The van der Waals surface area contributed by atoms with E-state index in [0.717, 1.165) is 44.1 Å². The number of nitrogens with zero attached hydrogens (tertiary/aromatic N) is 2. The Balaban J connectivity index is 1.49. The Kier molecular flexibility index (Phi) is 6.24. The standard InChI is InChI=1S/C22H23ClN4O2/c23-22-19(27-11-5-4-8-20(27)25-22)9-10-21(28)24-18(17-6-2-1-3-7-17)16-26-12-14-29-15-13-26/h1-11,18H,12-16H2,(H,24,28)/p+1/b10-9+/t18-/m1/s1. The summed E-state index contributed by atoms with van der Waals surface area (Å²) < 4.78 is 7.31. The van der Waals surface area contributed by atoms with Crippen LogP contribution in [0.1, 0.15) is 17.3 Å². The van der Waals surface area contributed by atoms with E-state index in [2.05, 4.69) is 22.4 Å². The van der Waals surface area contributed by atoms with Crippen molar-refractivity contribution in [2.45, 2.75) is 6.04 Å². The zero-order chi connectivity index (χ0) is 20.1. The molecule has 1 aliphatic heterocycles. The van der Waals surface area contributed by atoms with Gasteiger partial charge in [-0.05, 0) is 23.8 Å². The highest BCUT2D eigenvalue weighted by Gasteiger charge is 2.22. The molecule has 0 saturated carbocycles. The van der Waals surface area contributed by atoms with Gasteiger partial charge >= 0.3 is 0 Å². The molecule has 1 atom stereocenters. The average molecular weight is 412 g/mol. The lowest BCUT2D eigenvalue weighted by atomic mass is 10.1. The molecule has 150 valence electrons. The highest BCUT2D eigenvalue weighted by Crippen LogP contribution is 2.19. The number of hydrogen-bond donors (Lipinski definition) is 2. The first-order chi connectivity index (χ1) is 14.2. The predicted octanol–water partition coefficient (Wildman–Crippen LogP) is 1.77. The molecule has 0 unspecified atom stereocenters. The first kappa shape index (κ1) is 19.6. The molecule has 2 N–H and O–H groups in total. The van der Waals surface area contributed by atoms with Gasteiger partial charge in [-0.25, -0.2) is 4.98 Å². The van der Waals surface area contributed by atoms with Crippen LogP contribution in [-0.4, -0.2) is 48.1 Å². The Morgan fingerprint density at radius 3 is 2.76 bits per heavy atom. The lowest BCUT2D eigenvalue weighted by Crippen LogP contribution is -3.14. The number of ether oxygens (including phenoxy) is 1. The highest BCUT2D eigenvalue weighted by molar-refractivity contribution is 6.31. The van der Waals surface area contributed by atoms with Gasteiger partial charge in [0.05, 0.1) is 18.9 Å². The first-order valence-electron chi connectivity index (χ1n) is 9.78. The van der Waals surface area contributed by atoms with Crippen LogP contribution >= 0.6 is 11.6 Å². The van der Waals surface area contributed by atoms with E-state index in [4.69, 9.17) is 16.3 Å². The van der Waals surface area contributed by atoms with Crippen molar-refractivity contribution in [3.63, 3.8) is 0 Å². The number of carbonyl (C=O) groups is 1. The van der Waals surface area contributed by atoms with Crippen LogP contribution in [0.4, 0.5) is 0 Å². The Bertz CT molecular complexity index is 996. The van der Waals surface area contributed by atoms with Crippen molar-refractivity contribution in [3.05, 3.63) is 77.2 Å². The molecule has 4 rings (SSSR count). The lowest BCUT2D eigenvalue weighted by Gasteiger charge is -2.28. The van der Waals surface area contributed by atoms with Gasteiger partial charge in [0.25, 0.3) is 0 Å². The number of benzene rings is 1. The van der Waals surface area contributed by atoms with E-state index in [1.165, 1.54) is 11.0 Å². The molecule has 0 spiro atoms. The van der Waals surface area contributed by atoms with Gasteiger partial charge < -0.3 is 15.0 Å². The number of hydrogen-bond acceptors (Lipinski definition) is 3. The molecule has 29 heavy (non-hydrogen) atoms. The van der Waals surface area contributed by atoms with Crippen LogP contribution in [0, 0.1) is 0 Å². The van der Waals surface area contributed by atoms with Crippen LogP contribution in [0.2, 0.25) is 5.15 Å². The van der Waals surface area contributed by atoms with Crippen molar-refractivity contribution in [1.29, 1.82) is 0 Å². The Morgan fingerprint density at radius 1 is 1.21 bits per heavy atom. The summed E-state index contributed by atoms with van der Waals surface area (Å²) in [5, 5.41) is 3.52. The molecule has 0 radical (unpaired) electrons. The van der Waals surface area contributed by atoms with E-state index in [1.54, 1.807) is 6.08 Å². The van der Waals surface area contributed by atoms with Crippen molar-refractivity contribution in [1.82, 2.24) is 14.7 Å². The van der Waals surface area contributed by atoms with Gasteiger partial charge in [-0.3, -0.25) is 9.20 Å². The lowest BCUT2D eigenvalue weighted by molar-refractivity contribution is -0.909. The van der Waals surface area contributed by atoms with Gasteiger partial charge in [0.2, 0.25) is 5.91 Å². The highest BCUT2D eigenvalue weighted by atomic mass is 35.5.